The third-order valence-corrected chi connectivity index (χ3v) is 4.37. The molecule has 0 aliphatic carbocycles. The molecule has 146 valence electrons. The molecule has 1 N–H and O–H groups in total. The van der Waals surface area contributed by atoms with Crippen LogP contribution in [0.4, 0.5) is 5.69 Å². The topological polar surface area (TPSA) is 81.9 Å². The summed E-state index contributed by atoms with van der Waals surface area (Å²) in [6, 6.07) is 15.1. The highest BCUT2D eigenvalue weighted by atomic mass is 16.5. The number of ether oxygens (including phenoxy) is 1. The standard InChI is InChI=1S/C21H25N5O2/c1-14(2)16-5-9-18(10-6-16)22-21(27)17-7-11-19(12-8-17)28-13-20-23-24-25-26(20)15(3)4/h5-12,14-15H,13H2,1-4H3,(H,22,27). The Labute approximate surface area is 164 Å². The lowest BCUT2D eigenvalue weighted by molar-refractivity contribution is 0.102. The Kier molecular flexibility index (Phi) is 6.03. The van der Waals surface area contributed by atoms with Gasteiger partial charge in [0.1, 0.15) is 12.4 Å². The molecule has 7 heteroatoms. The predicted molar refractivity (Wildman–Crippen MR) is 107 cm³/mol. The molecule has 7 nitrogen and oxygen atoms in total. The number of tetrazole rings is 1. The van der Waals surface area contributed by atoms with Crippen molar-refractivity contribution in [3.8, 4) is 5.75 Å². The van der Waals surface area contributed by atoms with Gasteiger partial charge in [-0.2, -0.15) is 0 Å². The van der Waals surface area contributed by atoms with Gasteiger partial charge in [-0.15, -0.1) is 5.10 Å². The highest BCUT2D eigenvalue weighted by Gasteiger charge is 2.11. The van der Waals surface area contributed by atoms with Crippen molar-refractivity contribution in [2.75, 3.05) is 5.32 Å². The third-order valence-electron chi connectivity index (χ3n) is 4.37. The van der Waals surface area contributed by atoms with Crippen LogP contribution in [0, 0.1) is 0 Å². The SMILES string of the molecule is CC(C)c1ccc(NC(=O)c2ccc(OCc3nnnn3C(C)C)cc2)cc1. The van der Waals surface area contributed by atoms with E-state index in [1.54, 1.807) is 28.9 Å². The molecule has 3 aromatic rings. The lowest BCUT2D eigenvalue weighted by Gasteiger charge is -2.10. The average Bonchev–Trinajstić information content (AvgIpc) is 3.16. The Morgan fingerprint density at radius 3 is 2.32 bits per heavy atom. The fourth-order valence-electron chi connectivity index (χ4n) is 2.71. The summed E-state index contributed by atoms with van der Waals surface area (Å²) in [5.74, 6) is 1.60. The number of nitrogens with one attached hydrogen (secondary N) is 1. The molecule has 0 spiro atoms. The zero-order valence-electron chi connectivity index (χ0n) is 16.6. The van der Waals surface area contributed by atoms with Crippen LogP contribution in [0.15, 0.2) is 48.5 Å². The lowest BCUT2D eigenvalue weighted by atomic mass is 10.0. The minimum absolute atomic E-state index is 0.160. The van der Waals surface area contributed by atoms with Gasteiger partial charge in [0.25, 0.3) is 5.91 Å². The molecule has 1 amide bonds. The van der Waals surface area contributed by atoms with Crippen molar-refractivity contribution in [1.82, 2.24) is 20.2 Å². The van der Waals surface area contributed by atoms with Crippen molar-refractivity contribution in [3.63, 3.8) is 0 Å². The van der Waals surface area contributed by atoms with Gasteiger partial charge in [0.05, 0.1) is 6.04 Å². The molecule has 0 saturated carbocycles. The van der Waals surface area contributed by atoms with Crippen molar-refractivity contribution in [2.45, 2.75) is 46.3 Å². The van der Waals surface area contributed by atoms with E-state index < -0.39 is 0 Å². The summed E-state index contributed by atoms with van der Waals surface area (Å²) in [7, 11) is 0. The van der Waals surface area contributed by atoms with Crippen molar-refractivity contribution in [3.05, 3.63) is 65.5 Å². The van der Waals surface area contributed by atoms with Crippen LogP contribution in [0.3, 0.4) is 0 Å². The number of amides is 1. The molecular weight excluding hydrogens is 354 g/mol. The minimum Gasteiger partial charge on any atom is -0.486 e. The molecule has 0 saturated heterocycles. The van der Waals surface area contributed by atoms with E-state index in [2.05, 4.69) is 34.7 Å². The number of carbonyl (C=O) groups is 1. The maximum atomic E-state index is 12.4. The monoisotopic (exact) mass is 379 g/mol. The zero-order chi connectivity index (χ0) is 20.1. The maximum Gasteiger partial charge on any atom is 0.255 e. The number of anilines is 1. The van der Waals surface area contributed by atoms with Crippen LogP contribution in [0.5, 0.6) is 5.75 Å². The van der Waals surface area contributed by atoms with Gasteiger partial charge in [0.2, 0.25) is 0 Å². The second-order valence-electron chi connectivity index (χ2n) is 7.18. The van der Waals surface area contributed by atoms with E-state index in [1.807, 2.05) is 38.1 Å². The quantitative estimate of drug-likeness (QED) is 0.665. The molecule has 1 aromatic heterocycles. The van der Waals surface area contributed by atoms with Gasteiger partial charge in [-0.05, 0) is 72.2 Å². The van der Waals surface area contributed by atoms with Gasteiger partial charge in [-0.3, -0.25) is 4.79 Å². The van der Waals surface area contributed by atoms with E-state index in [1.165, 1.54) is 5.56 Å². The van der Waals surface area contributed by atoms with Crippen LogP contribution >= 0.6 is 0 Å². The first-order valence-electron chi connectivity index (χ1n) is 9.35. The number of rotatable bonds is 7. The Hall–Kier alpha value is -3.22. The molecule has 0 atom stereocenters. The number of nitrogens with zero attached hydrogens (tertiary/aromatic N) is 4. The number of hydrogen-bond donors (Lipinski definition) is 1. The average molecular weight is 379 g/mol. The molecule has 1 heterocycles. The largest absolute Gasteiger partial charge is 0.486 e. The molecule has 0 bridgehead atoms. The van der Waals surface area contributed by atoms with Gasteiger partial charge in [0.15, 0.2) is 5.82 Å². The highest BCUT2D eigenvalue weighted by Crippen LogP contribution is 2.19. The van der Waals surface area contributed by atoms with Crippen LogP contribution in [-0.4, -0.2) is 26.1 Å². The summed E-state index contributed by atoms with van der Waals surface area (Å²) in [5, 5.41) is 14.5. The fraction of sp³-hybridized carbons (Fsp3) is 0.333. The van der Waals surface area contributed by atoms with Crippen LogP contribution < -0.4 is 10.1 Å². The van der Waals surface area contributed by atoms with Gasteiger partial charge in [-0.25, -0.2) is 4.68 Å². The van der Waals surface area contributed by atoms with Gasteiger partial charge in [-0.1, -0.05) is 26.0 Å². The summed E-state index contributed by atoms with van der Waals surface area (Å²) >= 11 is 0. The zero-order valence-corrected chi connectivity index (χ0v) is 16.6. The summed E-state index contributed by atoms with van der Waals surface area (Å²) in [6.45, 7) is 8.55. The Bertz CT molecular complexity index is 915. The molecule has 28 heavy (non-hydrogen) atoms. The number of benzene rings is 2. The first-order chi connectivity index (χ1) is 13.4. The Balaban J connectivity index is 1.58. The van der Waals surface area contributed by atoms with Gasteiger partial charge >= 0.3 is 0 Å². The molecule has 0 unspecified atom stereocenters. The second kappa shape index (κ2) is 8.65. The molecule has 3 rings (SSSR count). The Morgan fingerprint density at radius 2 is 1.71 bits per heavy atom. The maximum absolute atomic E-state index is 12.4. The molecule has 2 aromatic carbocycles. The smallest absolute Gasteiger partial charge is 0.255 e. The third kappa shape index (κ3) is 4.73. The van der Waals surface area contributed by atoms with E-state index >= 15 is 0 Å². The van der Waals surface area contributed by atoms with Crippen LogP contribution in [-0.2, 0) is 6.61 Å². The van der Waals surface area contributed by atoms with Crippen molar-refractivity contribution in [2.24, 2.45) is 0 Å². The summed E-state index contributed by atoms with van der Waals surface area (Å²) in [6.07, 6.45) is 0. The van der Waals surface area contributed by atoms with E-state index in [0.29, 0.717) is 23.1 Å². The normalized spacial score (nSPS) is 11.1. The van der Waals surface area contributed by atoms with Crippen molar-refractivity contribution in [1.29, 1.82) is 0 Å². The first kappa shape index (κ1) is 19.5. The predicted octanol–water partition coefficient (Wildman–Crippen LogP) is 4.21. The first-order valence-corrected chi connectivity index (χ1v) is 9.35. The summed E-state index contributed by atoms with van der Waals surface area (Å²) < 4.78 is 7.45. The van der Waals surface area contributed by atoms with Gasteiger partial charge < -0.3 is 10.1 Å². The molecule has 0 aliphatic rings. The van der Waals surface area contributed by atoms with Crippen molar-refractivity contribution < 1.29 is 9.53 Å². The van der Waals surface area contributed by atoms with Gasteiger partial charge in [0, 0.05) is 11.3 Å². The number of carbonyl (C=O) groups excluding carboxylic acids is 1. The number of hydrogen-bond acceptors (Lipinski definition) is 5. The van der Waals surface area contributed by atoms with Crippen LogP contribution in [0.25, 0.3) is 0 Å². The number of aromatic nitrogens is 4. The molecular formula is C21H25N5O2. The fourth-order valence-corrected chi connectivity index (χ4v) is 2.71. The highest BCUT2D eigenvalue weighted by molar-refractivity contribution is 6.04. The van der Waals surface area contributed by atoms with E-state index in [0.717, 1.165) is 5.69 Å². The van der Waals surface area contributed by atoms with Crippen LogP contribution in [0.2, 0.25) is 0 Å². The second-order valence-corrected chi connectivity index (χ2v) is 7.18. The lowest BCUT2D eigenvalue weighted by Crippen LogP contribution is -2.12. The molecule has 0 aliphatic heterocycles. The summed E-state index contributed by atoms with van der Waals surface area (Å²) in [4.78, 5) is 12.4. The van der Waals surface area contributed by atoms with E-state index in [4.69, 9.17) is 4.74 Å². The van der Waals surface area contributed by atoms with Crippen molar-refractivity contribution >= 4 is 11.6 Å². The van der Waals surface area contributed by atoms with E-state index in [-0.39, 0.29) is 18.6 Å². The molecule has 0 radical (unpaired) electrons. The summed E-state index contributed by atoms with van der Waals surface area (Å²) in [5.41, 5.74) is 2.57. The molecule has 0 fully saturated rings. The Morgan fingerprint density at radius 1 is 1.04 bits per heavy atom. The minimum atomic E-state index is -0.160. The van der Waals surface area contributed by atoms with Crippen LogP contribution in [0.1, 0.15) is 61.4 Å². The van der Waals surface area contributed by atoms with E-state index in [9.17, 15) is 4.79 Å².